The number of nitrogens with zero attached hydrogens (tertiary/aromatic N) is 1. The predicted octanol–water partition coefficient (Wildman–Crippen LogP) is 3.80. The van der Waals surface area contributed by atoms with Crippen molar-refractivity contribution in [3.05, 3.63) is 81.5 Å². The van der Waals surface area contributed by atoms with Crippen LogP contribution in [0.5, 0.6) is 0 Å². The van der Waals surface area contributed by atoms with Crippen molar-refractivity contribution in [3.8, 4) is 0 Å². The summed E-state index contributed by atoms with van der Waals surface area (Å²) in [5, 5.41) is 5.00. The zero-order valence-electron chi connectivity index (χ0n) is 14.2. The summed E-state index contributed by atoms with van der Waals surface area (Å²) in [6.45, 7) is 3.81. The molecule has 0 unspecified atom stereocenters. The average molecular weight is 317 g/mol. The van der Waals surface area contributed by atoms with E-state index >= 15 is 0 Å². The Hall–Kier alpha value is -2.61. The number of benzene rings is 3. The van der Waals surface area contributed by atoms with Crippen LogP contribution in [-0.2, 0) is 0 Å². The van der Waals surface area contributed by atoms with Gasteiger partial charge in [0.1, 0.15) is 5.82 Å². The van der Waals surface area contributed by atoms with Gasteiger partial charge in [-0.2, -0.15) is 0 Å². The first kappa shape index (κ1) is 14.9. The highest BCUT2D eigenvalue weighted by molar-refractivity contribution is 5.84. The topological polar surface area (TPSA) is 3.24 Å². The average Bonchev–Trinajstić information content (AvgIpc) is 2.57. The second kappa shape index (κ2) is 5.48. The predicted molar refractivity (Wildman–Crippen MR) is 98.5 cm³/mol. The smallest absolute Gasteiger partial charge is 0.126 e. The van der Waals surface area contributed by atoms with Crippen molar-refractivity contribution in [2.24, 2.45) is 0 Å². The molecule has 0 N–H and O–H groups in total. The third-order valence-electron chi connectivity index (χ3n) is 4.98. The lowest BCUT2D eigenvalue weighted by molar-refractivity contribution is 0.442. The molecule has 1 aliphatic rings. The fraction of sp³-hybridized carbons (Fsp3) is 0.182. The van der Waals surface area contributed by atoms with E-state index in [4.69, 9.17) is 0 Å². The van der Waals surface area contributed by atoms with Crippen LogP contribution < -0.4 is 10.4 Å². The molecule has 0 fully saturated rings. The summed E-state index contributed by atoms with van der Waals surface area (Å²) in [5.41, 5.74) is 2.84. The van der Waals surface area contributed by atoms with Crippen LogP contribution in [0.1, 0.15) is 22.7 Å². The first-order valence-corrected chi connectivity index (χ1v) is 8.24. The van der Waals surface area contributed by atoms with Crippen LogP contribution in [0.15, 0.2) is 48.5 Å². The van der Waals surface area contributed by atoms with Gasteiger partial charge in [0.15, 0.2) is 0 Å². The first-order valence-electron chi connectivity index (χ1n) is 8.24. The number of hydrogen-bond acceptors (Lipinski definition) is 1. The maximum atomic E-state index is 13.8. The molecule has 3 aromatic rings. The highest BCUT2D eigenvalue weighted by Crippen LogP contribution is 2.28. The minimum atomic E-state index is -0.135. The van der Waals surface area contributed by atoms with E-state index in [-0.39, 0.29) is 11.9 Å². The third kappa shape index (κ3) is 2.30. The number of hydrogen-bond donors (Lipinski definition) is 0. The number of halogens is 1. The van der Waals surface area contributed by atoms with Crippen LogP contribution in [0.25, 0.3) is 23.0 Å². The second-order valence-electron chi connectivity index (χ2n) is 6.65. The quantitative estimate of drug-likeness (QED) is 0.660. The van der Waals surface area contributed by atoms with E-state index in [0.29, 0.717) is 5.56 Å². The lowest BCUT2D eigenvalue weighted by Crippen LogP contribution is -2.36. The van der Waals surface area contributed by atoms with Crippen molar-refractivity contribution in [3.63, 3.8) is 0 Å². The maximum absolute atomic E-state index is 13.8. The van der Waals surface area contributed by atoms with Crippen LogP contribution in [0, 0.1) is 19.7 Å². The molecule has 1 heterocycles. The lowest BCUT2D eigenvalue weighted by Gasteiger charge is -2.29. The Kier molecular flexibility index (Phi) is 3.42. The summed E-state index contributed by atoms with van der Waals surface area (Å²) in [6.07, 6.45) is 4.49. The fourth-order valence-corrected chi connectivity index (χ4v) is 3.62. The Bertz CT molecular complexity index is 1070. The van der Waals surface area contributed by atoms with Crippen LogP contribution in [-0.4, -0.2) is 11.9 Å². The molecular weight excluding hydrogens is 297 g/mol. The van der Waals surface area contributed by atoms with Gasteiger partial charge in [-0.25, -0.2) is 4.39 Å². The number of fused-ring (bicyclic) bond motifs is 3. The van der Waals surface area contributed by atoms with Gasteiger partial charge >= 0.3 is 0 Å². The minimum Gasteiger partial charge on any atom is -0.369 e. The summed E-state index contributed by atoms with van der Waals surface area (Å²) >= 11 is 0. The SMILES string of the molecule is Cc1cc([C@H]2C=c3c(ccc4ccccc34)=CN2C)c(C)cc1F. The summed E-state index contributed by atoms with van der Waals surface area (Å²) in [4.78, 5) is 2.21. The summed E-state index contributed by atoms with van der Waals surface area (Å²) in [7, 11) is 2.08. The summed E-state index contributed by atoms with van der Waals surface area (Å²) in [6, 6.07) is 16.5. The van der Waals surface area contributed by atoms with E-state index in [1.807, 2.05) is 19.9 Å². The normalized spacial score (nSPS) is 16.5. The van der Waals surface area contributed by atoms with Gasteiger partial charge < -0.3 is 4.90 Å². The molecule has 1 aliphatic heterocycles. The molecule has 24 heavy (non-hydrogen) atoms. The molecule has 0 radical (unpaired) electrons. The van der Waals surface area contributed by atoms with Gasteiger partial charge in [-0.15, -0.1) is 0 Å². The van der Waals surface area contributed by atoms with Crippen LogP contribution in [0.4, 0.5) is 4.39 Å². The van der Waals surface area contributed by atoms with E-state index in [1.54, 1.807) is 6.07 Å². The molecule has 120 valence electrons. The largest absolute Gasteiger partial charge is 0.369 e. The lowest BCUT2D eigenvalue weighted by atomic mass is 9.94. The van der Waals surface area contributed by atoms with E-state index in [0.717, 1.165) is 11.1 Å². The molecule has 0 saturated carbocycles. The highest BCUT2D eigenvalue weighted by atomic mass is 19.1. The summed E-state index contributed by atoms with van der Waals surface area (Å²) in [5.74, 6) is -0.135. The first-order chi connectivity index (χ1) is 11.5. The van der Waals surface area contributed by atoms with E-state index in [1.165, 1.54) is 21.2 Å². The molecular formula is C22H20FN. The molecule has 1 nitrogen and oxygen atoms in total. The van der Waals surface area contributed by atoms with Crippen molar-refractivity contribution >= 4 is 23.0 Å². The summed E-state index contributed by atoms with van der Waals surface area (Å²) < 4.78 is 13.8. The molecule has 4 rings (SSSR count). The zero-order chi connectivity index (χ0) is 16.8. The van der Waals surface area contributed by atoms with E-state index in [2.05, 4.69) is 60.6 Å². The number of aryl methyl sites for hydroxylation is 2. The third-order valence-corrected chi connectivity index (χ3v) is 4.98. The standard InChI is InChI=1S/C22H20FN/c1-14-11-21(23)15(2)10-19(14)22-12-20-17(13-24(22)3)9-8-16-6-4-5-7-18(16)20/h4-13,22H,1-3H3/t22-/m1/s1. The van der Waals surface area contributed by atoms with E-state index < -0.39 is 0 Å². The van der Waals surface area contributed by atoms with Gasteiger partial charge in [0.25, 0.3) is 0 Å². The molecule has 0 spiro atoms. The molecule has 2 heteroatoms. The maximum Gasteiger partial charge on any atom is 0.126 e. The molecule has 0 saturated heterocycles. The van der Waals surface area contributed by atoms with Gasteiger partial charge in [-0.3, -0.25) is 0 Å². The Morgan fingerprint density at radius 2 is 1.75 bits per heavy atom. The van der Waals surface area contributed by atoms with Crippen molar-refractivity contribution in [1.29, 1.82) is 0 Å². The van der Waals surface area contributed by atoms with Gasteiger partial charge in [0.05, 0.1) is 6.04 Å². The van der Waals surface area contributed by atoms with Gasteiger partial charge in [0.2, 0.25) is 0 Å². The Labute approximate surface area is 141 Å². The molecule has 1 atom stereocenters. The van der Waals surface area contributed by atoms with Gasteiger partial charge in [0, 0.05) is 13.2 Å². The fourth-order valence-electron chi connectivity index (χ4n) is 3.62. The molecule has 0 aliphatic carbocycles. The Morgan fingerprint density at radius 1 is 0.958 bits per heavy atom. The van der Waals surface area contributed by atoms with E-state index in [9.17, 15) is 4.39 Å². The van der Waals surface area contributed by atoms with Crippen molar-refractivity contribution < 1.29 is 4.39 Å². The Morgan fingerprint density at radius 3 is 2.58 bits per heavy atom. The monoisotopic (exact) mass is 317 g/mol. The van der Waals surface area contributed by atoms with Crippen molar-refractivity contribution in [2.75, 3.05) is 7.05 Å². The van der Waals surface area contributed by atoms with Crippen LogP contribution >= 0.6 is 0 Å². The highest BCUT2D eigenvalue weighted by Gasteiger charge is 2.19. The Balaban J connectivity index is 1.99. The van der Waals surface area contributed by atoms with Gasteiger partial charge in [-0.05, 0) is 63.9 Å². The zero-order valence-corrected chi connectivity index (χ0v) is 14.2. The van der Waals surface area contributed by atoms with Crippen LogP contribution in [0.3, 0.4) is 0 Å². The molecule has 0 aromatic heterocycles. The van der Waals surface area contributed by atoms with Crippen molar-refractivity contribution in [1.82, 2.24) is 4.90 Å². The van der Waals surface area contributed by atoms with Crippen molar-refractivity contribution in [2.45, 2.75) is 19.9 Å². The number of rotatable bonds is 1. The minimum absolute atomic E-state index is 0.114. The molecule has 3 aromatic carbocycles. The second-order valence-corrected chi connectivity index (χ2v) is 6.65. The van der Waals surface area contributed by atoms with Crippen LogP contribution in [0.2, 0.25) is 0 Å². The molecule has 0 amide bonds. The molecule has 0 bridgehead atoms. The van der Waals surface area contributed by atoms with Gasteiger partial charge in [-0.1, -0.05) is 42.5 Å².